The number of ether oxygens (including phenoxy) is 2. The molecule has 0 aromatic rings. The van der Waals surface area contributed by atoms with Crippen LogP contribution in [0.2, 0.25) is 0 Å². The molecule has 0 aromatic carbocycles. The van der Waals surface area contributed by atoms with Gasteiger partial charge in [-0.05, 0) is 38.5 Å². The number of hydrogen-bond donors (Lipinski definition) is 0. The van der Waals surface area contributed by atoms with Gasteiger partial charge in [0.15, 0.2) is 6.10 Å². The molecule has 9 nitrogen and oxygen atoms in total. The average molecular weight is 773 g/mol. The lowest BCUT2D eigenvalue weighted by molar-refractivity contribution is -0.870. The Labute approximate surface area is 338 Å². The molecule has 0 fully saturated rings. The quantitative estimate of drug-likeness (QED) is 0.0200. The number of phosphoric acid groups is 1. The first-order chi connectivity index (χ1) is 30.2. The molecule has 0 aromatic heterocycles. The summed E-state index contributed by atoms with van der Waals surface area (Å²) in [6, 6.07) is 0. The Morgan fingerprint density at radius 1 is 0.635 bits per heavy atom. The SMILES string of the molecule is [2H]C([2H])(OP(=O)([O-])OC[C@@H](COC(=O)CCCCCCCCCCCCCCC)OC(=O)CCCCCCC/C=C\CCCCCCCC)C([2H])([2H])[N+](C([2H])([2H])[2H])(C([2H])([2H])[2H])C([2H])([2H])[2H]. The molecular formula is C42H82NO8P. The van der Waals surface area contributed by atoms with Gasteiger partial charge in [-0.1, -0.05) is 154 Å². The van der Waals surface area contributed by atoms with E-state index in [1.54, 1.807) is 0 Å². The molecule has 0 N–H and O–H groups in total. The van der Waals surface area contributed by atoms with Crippen molar-refractivity contribution < 1.29 is 59.9 Å². The van der Waals surface area contributed by atoms with E-state index < -0.39 is 77.5 Å². The molecule has 0 bridgehead atoms. The molecule has 308 valence electrons. The second-order valence-electron chi connectivity index (χ2n) is 13.8. The maximum absolute atomic E-state index is 13.0. The summed E-state index contributed by atoms with van der Waals surface area (Å²) in [5, 5.41) is 0. The van der Waals surface area contributed by atoms with E-state index in [4.69, 9.17) is 31.8 Å². The highest BCUT2D eigenvalue weighted by atomic mass is 31.2. The molecule has 0 rings (SSSR count). The minimum Gasteiger partial charge on any atom is -0.756 e. The first-order valence-electron chi connectivity index (χ1n) is 26.8. The van der Waals surface area contributed by atoms with Crippen LogP contribution >= 0.6 is 7.82 Å². The first kappa shape index (κ1) is 31.9. The van der Waals surface area contributed by atoms with Crippen LogP contribution < -0.4 is 4.89 Å². The molecule has 1 unspecified atom stereocenters. The molecule has 0 saturated carbocycles. The Balaban J connectivity index is 5.43. The Morgan fingerprint density at radius 2 is 1.06 bits per heavy atom. The number of unbranched alkanes of at least 4 members (excludes halogenated alkanes) is 23. The van der Waals surface area contributed by atoms with E-state index in [-0.39, 0.29) is 12.8 Å². The molecule has 0 amide bonds. The van der Waals surface area contributed by atoms with E-state index in [0.717, 1.165) is 57.8 Å². The molecule has 0 saturated heterocycles. The van der Waals surface area contributed by atoms with Crippen LogP contribution in [0, 0.1) is 0 Å². The summed E-state index contributed by atoms with van der Waals surface area (Å²) >= 11 is 0. The van der Waals surface area contributed by atoms with Crippen LogP contribution in [0.25, 0.3) is 0 Å². The second kappa shape index (κ2) is 35.5. The Bertz CT molecular complexity index is 1330. The number of carbonyl (C=O) groups excluding carboxylic acids is 2. The summed E-state index contributed by atoms with van der Waals surface area (Å²) in [5.41, 5.74) is 0. The van der Waals surface area contributed by atoms with Crippen LogP contribution in [-0.4, -0.2) is 69.7 Å². The highest BCUT2D eigenvalue weighted by Gasteiger charge is 2.21. The highest BCUT2D eigenvalue weighted by Crippen LogP contribution is 2.38. The van der Waals surface area contributed by atoms with Crippen LogP contribution in [0.1, 0.15) is 211 Å². The summed E-state index contributed by atoms with van der Waals surface area (Å²) in [5.74, 6) is -1.45. The maximum atomic E-state index is 13.0. The lowest BCUT2D eigenvalue weighted by Gasteiger charge is -2.28. The van der Waals surface area contributed by atoms with Gasteiger partial charge in [-0.15, -0.1) is 0 Å². The molecule has 0 spiro atoms. The molecular weight excluding hydrogens is 677 g/mol. The van der Waals surface area contributed by atoms with E-state index in [1.165, 1.54) is 89.9 Å². The molecule has 0 heterocycles. The van der Waals surface area contributed by atoms with Crippen molar-refractivity contribution in [2.75, 3.05) is 47.2 Å². The van der Waals surface area contributed by atoms with Crippen molar-refractivity contribution in [1.82, 2.24) is 0 Å². The standard InChI is InChI=1S/C42H82NO8P/c1-6-8-10-12-14-16-18-20-21-23-25-27-29-31-33-35-42(45)51-40(39-50-52(46,47)49-37-36-43(3,4)5)38-48-41(44)34-32-30-28-26-24-22-19-17-15-13-11-9-7-2/h20-21,40H,6-19,22-39H2,1-5H3/b21-20-/t40-/m1/s1/i3D3,4D3,5D3,36D2,37D2. The lowest BCUT2D eigenvalue weighted by atomic mass is 10.0. The predicted molar refractivity (Wildman–Crippen MR) is 213 cm³/mol. The van der Waals surface area contributed by atoms with Crippen molar-refractivity contribution in [2.45, 2.75) is 200 Å². The van der Waals surface area contributed by atoms with E-state index >= 15 is 0 Å². The first-order valence-corrected chi connectivity index (χ1v) is 21.8. The highest BCUT2D eigenvalue weighted by molar-refractivity contribution is 7.45. The molecule has 0 aliphatic rings. The second-order valence-corrected chi connectivity index (χ2v) is 15.2. The Kier molecular flexibility index (Phi) is 21.7. The van der Waals surface area contributed by atoms with Gasteiger partial charge in [0.1, 0.15) is 19.7 Å². The van der Waals surface area contributed by atoms with Crippen LogP contribution in [0.3, 0.4) is 0 Å². The number of hydrogen-bond acceptors (Lipinski definition) is 8. The average Bonchev–Trinajstić information content (AvgIpc) is 3.17. The molecule has 0 aliphatic heterocycles. The van der Waals surface area contributed by atoms with Crippen LogP contribution in [0.4, 0.5) is 0 Å². The van der Waals surface area contributed by atoms with Crippen molar-refractivity contribution in [2.24, 2.45) is 0 Å². The molecule has 52 heavy (non-hydrogen) atoms. The van der Waals surface area contributed by atoms with E-state index in [2.05, 4.69) is 30.5 Å². The number of esters is 2. The zero-order valence-electron chi connectivity index (χ0n) is 45.6. The fourth-order valence-electron chi connectivity index (χ4n) is 5.59. The molecule has 0 radical (unpaired) electrons. The van der Waals surface area contributed by atoms with Gasteiger partial charge in [0, 0.05) is 12.8 Å². The number of carbonyl (C=O) groups is 2. The topological polar surface area (TPSA) is 111 Å². The number of rotatable bonds is 39. The monoisotopic (exact) mass is 773 g/mol. The zero-order chi connectivity index (χ0) is 49.7. The van der Waals surface area contributed by atoms with Crippen molar-refractivity contribution >= 4 is 19.8 Å². The molecule has 0 aliphatic carbocycles. The van der Waals surface area contributed by atoms with Crippen molar-refractivity contribution in [1.29, 1.82) is 0 Å². The summed E-state index contributed by atoms with van der Waals surface area (Å²) < 4.78 is 131. The number of allylic oxidation sites excluding steroid dienone is 2. The van der Waals surface area contributed by atoms with Crippen LogP contribution in [0.5, 0.6) is 0 Å². The largest absolute Gasteiger partial charge is 0.756 e. The lowest BCUT2D eigenvalue weighted by Crippen LogP contribution is -2.37. The third kappa shape index (κ3) is 38.5. The van der Waals surface area contributed by atoms with E-state index in [1.807, 2.05) is 0 Å². The minimum absolute atomic E-state index is 0.0309. The van der Waals surface area contributed by atoms with Gasteiger partial charge in [0.2, 0.25) is 0 Å². The van der Waals surface area contributed by atoms with Gasteiger partial charge in [0.25, 0.3) is 7.82 Å². The van der Waals surface area contributed by atoms with Gasteiger partial charge < -0.3 is 27.9 Å². The van der Waals surface area contributed by atoms with Gasteiger partial charge in [-0.3, -0.25) is 14.2 Å². The van der Waals surface area contributed by atoms with Gasteiger partial charge in [-0.25, -0.2) is 0 Å². The Morgan fingerprint density at radius 3 is 1.52 bits per heavy atom. The summed E-state index contributed by atoms with van der Waals surface area (Å²) in [7, 11) is -6.14. The van der Waals surface area contributed by atoms with Crippen LogP contribution in [0.15, 0.2) is 12.2 Å². The van der Waals surface area contributed by atoms with E-state index in [0.29, 0.717) is 19.3 Å². The maximum Gasteiger partial charge on any atom is 0.306 e. The third-order valence-corrected chi connectivity index (χ3v) is 9.43. The summed E-state index contributed by atoms with van der Waals surface area (Å²) in [6.45, 7) is -19.5. The summed E-state index contributed by atoms with van der Waals surface area (Å²) in [4.78, 5) is 38.4. The van der Waals surface area contributed by atoms with Gasteiger partial charge in [0.05, 0.1) is 45.4 Å². The third-order valence-electron chi connectivity index (χ3n) is 8.64. The van der Waals surface area contributed by atoms with Crippen molar-refractivity contribution in [3.63, 3.8) is 0 Å². The number of phosphoric ester groups is 1. The molecule has 2 atom stereocenters. The van der Waals surface area contributed by atoms with Gasteiger partial charge in [-0.2, -0.15) is 0 Å². The van der Waals surface area contributed by atoms with Gasteiger partial charge >= 0.3 is 11.9 Å². The summed E-state index contributed by atoms with van der Waals surface area (Å²) in [6.07, 6.45) is 30.7. The normalized spacial score (nSPS) is 18.7. The zero-order valence-corrected chi connectivity index (χ0v) is 33.5. The smallest absolute Gasteiger partial charge is 0.306 e. The number of quaternary nitrogens is 1. The fourth-order valence-corrected chi connectivity index (χ4v) is 6.15. The predicted octanol–water partition coefficient (Wildman–Crippen LogP) is 11.2. The van der Waals surface area contributed by atoms with Crippen molar-refractivity contribution in [3.05, 3.63) is 12.2 Å². The van der Waals surface area contributed by atoms with Crippen LogP contribution in [-0.2, 0) is 32.7 Å². The molecule has 10 heteroatoms. The number of likely N-dealkylation sites (N-methyl/N-ethyl adjacent to an activating group) is 1. The van der Waals surface area contributed by atoms with E-state index in [9.17, 15) is 19.0 Å². The van der Waals surface area contributed by atoms with Crippen molar-refractivity contribution in [3.8, 4) is 0 Å². The Hall–Kier alpha value is -1.25. The fraction of sp³-hybridized carbons (Fsp3) is 0.905. The number of nitrogens with zero attached hydrogens (tertiary/aromatic N) is 1. The minimum atomic E-state index is -6.14.